The predicted octanol–water partition coefficient (Wildman–Crippen LogP) is 2.67. The summed E-state index contributed by atoms with van der Waals surface area (Å²) in [6, 6.07) is 19.3. The predicted molar refractivity (Wildman–Crippen MR) is 109 cm³/mol. The molecule has 0 aliphatic carbocycles. The minimum atomic E-state index is 0.000468. The van der Waals surface area contributed by atoms with Gasteiger partial charge in [-0.3, -0.25) is 9.69 Å². The third-order valence-electron chi connectivity index (χ3n) is 5.40. The van der Waals surface area contributed by atoms with Gasteiger partial charge in [-0.25, -0.2) is 5.43 Å². The van der Waals surface area contributed by atoms with E-state index in [9.17, 15) is 4.79 Å². The minimum Gasteiger partial charge on any atom is -0.369 e. The van der Waals surface area contributed by atoms with E-state index in [0.29, 0.717) is 12.8 Å². The maximum Gasteiger partial charge on any atom is 0.240 e. The first-order valence-electron chi connectivity index (χ1n) is 9.75. The summed E-state index contributed by atoms with van der Waals surface area (Å²) in [5.74, 6) is 0.000468. The summed E-state index contributed by atoms with van der Waals surface area (Å²) in [5.41, 5.74) is 7.31. The number of nitrogens with one attached hydrogen (secondary N) is 1. The number of piperazine rings is 1. The summed E-state index contributed by atoms with van der Waals surface area (Å²) in [7, 11) is 0. The molecule has 0 radical (unpaired) electrons. The lowest BCUT2D eigenvalue weighted by Crippen LogP contribution is -2.47. The lowest BCUT2D eigenvalue weighted by Gasteiger charge is -2.36. The summed E-state index contributed by atoms with van der Waals surface area (Å²) >= 11 is 0. The summed E-state index contributed by atoms with van der Waals surface area (Å²) in [5, 5.41) is 4.18. The van der Waals surface area contributed by atoms with Crippen LogP contribution < -0.4 is 10.3 Å². The van der Waals surface area contributed by atoms with E-state index in [4.69, 9.17) is 0 Å². The smallest absolute Gasteiger partial charge is 0.240 e. The van der Waals surface area contributed by atoms with Gasteiger partial charge in [0.25, 0.3) is 0 Å². The van der Waals surface area contributed by atoms with Crippen molar-refractivity contribution in [1.29, 1.82) is 0 Å². The van der Waals surface area contributed by atoms with Crippen molar-refractivity contribution in [2.75, 3.05) is 37.6 Å². The molecular weight excluding hydrogens is 336 g/mol. The van der Waals surface area contributed by atoms with Crippen LogP contribution >= 0.6 is 0 Å². The number of nitrogens with zero attached hydrogens (tertiary/aromatic N) is 3. The monoisotopic (exact) mass is 362 g/mol. The van der Waals surface area contributed by atoms with Gasteiger partial charge < -0.3 is 4.90 Å². The Balaban J connectivity index is 1.28. The summed E-state index contributed by atoms with van der Waals surface area (Å²) in [4.78, 5) is 16.2. The van der Waals surface area contributed by atoms with Crippen LogP contribution in [0.4, 0.5) is 5.69 Å². The van der Waals surface area contributed by atoms with Crippen molar-refractivity contribution in [3.63, 3.8) is 0 Å². The van der Waals surface area contributed by atoms with Gasteiger partial charge in [-0.15, -0.1) is 0 Å². The molecule has 2 heterocycles. The molecule has 2 aliphatic heterocycles. The Bertz CT molecular complexity index is 793. The first kappa shape index (κ1) is 17.7. The molecule has 2 aliphatic rings. The number of hydrogen-bond acceptors (Lipinski definition) is 4. The van der Waals surface area contributed by atoms with Crippen LogP contribution in [0.2, 0.25) is 0 Å². The molecule has 5 heteroatoms. The standard InChI is InChI=1S/C22H26N4O/c27-22-11-10-21(23-24-22)19-6-8-20(9-7-19)26-16-14-25(15-17-26)13-12-18-4-2-1-3-5-18/h1-9H,10-17H2,(H,24,27). The van der Waals surface area contributed by atoms with Crippen LogP contribution in [0.15, 0.2) is 59.7 Å². The fourth-order valence-electron chi connectivity index (χ4n) is 3.71. The molecule has 5 nitrogen and oxygen atoms in total. The zero-order chi connectivity index (χ0) is 18.5. The van der Waals surface area contributed by atoms with Crippen molar-refractivity contribution in [1.82, 2.24) is 10.3 Å². The molecule has 2 aromatic carbocycles. The highest BCUT2D eigenvalue weighted by Gasteiger charge is 2.18. The van der Waals surface area contributed by atoms with Gasteiger partial charge in [-0.1, -0.05) is 42.5 Å². The molecule has 4 rings (SSSR count). The first-order valence-corrected chi connectivity index (χ1v) is 9.75. The Hall–Kier alpha value is -2.66. The van der Waals surface area contributed by atoms with E-state index in [1.54, 1.807) is 0 Å². The second-order valence-electron chi connectivity index (χ2n) is 7.20. The second-order valence-corrected chi connectivity index (χ2v) is 7.20. The lowest BCUT2D eigenvalue weighted by molar-refractivity contribution is -0.121. The van der Waals surface area contributed by atoms with Gasteiger partial charge in [0.2, 0.25) is 5.91 Å². The number of carbonyl (C=O) groups is 1. The second kappa shape index (κ2) is 8.35. The topological polar surface area (TPSA) is 47.9 Å². The molecule has 0 spiro atoms. The van der Waals surface area contributed by atoms with E-state index >= 15 is 0 Å². The van der Waals surface area contributed by atoms with Gasteiger partial charge in [-0.05, 0) is 29.7 Å². The number of amides is 1. The highest BCUT2D eigenvalue weighted by Crippen LogP contribution is 2.19. The Morgan fingerprint density at radius 3 is 2.30 bits per heavy atom. The van der Waals surface area contributed by atoms with Crippen molar-refractivity contribution in [3.8, 4) is 0 Å². The van der Waals surface area contributed by atoms with Crippen LogP contribution in [0.5, 0.6) is 0 Å². The number of benzene rings is 2. The van der Waals surface area contributed by atoms with Crippen molar-refractivity contribution in [2.45, 2.75) is 19.3 Å². The van der Waals surface area contributed by atoms with E-state index in [1.807, 2.05) is 0 Å². The van der Waals surface area contributed by atoms with Crippen molar-refractivity contribution >= 4 is 17.3 Å². The Morgan fingerprint density at radius 1 is 0.889 bits per heavy atom. The normalized spacial score (nSPS) is 18.1. The third-order valence-corrected chi connectivity index (χ3v) is 5.40. The van der Waals surface area contributed by atoms with Crippen LogP contribution in [0.25, 0.3) is 0 Å². The van der Waals surface area contributed by atoms with Crippen molar-refractivity contribution in [2.24, 2.45) is 5.10 Å². The number of anilines is 1. The van der Waals surface area contributed by atoms with E-state index in [0.717, 1.165) is 50.4 Å². The van der Waals surface area contributed by atoms with Gasteiger partial charge in [0.1, 0.15) is 0 Å². The molecular formula is C22H26N4O. The Kier molecular flexibility index (Phi) is 5.49. The number of rotatable bonds is 5. The van der Waals surface area contributed by atoms with Crippen molar-refractivity contribution in [3.05, 3.63) is 65.7 Å². The SMILES string of the molecule is O=C1CCC(c2ccc(N3CCN(CCc4ccccc4)CC3)cc2)=NN1. The molecule has 0 atom stereocenters. The molecule has 2 aromatic rings. The molecule has 0 bridgehead atoms. The average molecular weight is 362 g/mol. The Morgan fingerprint density at radius 2 is 1.63 bits per heavy atom. The molecule has 1 saturated heterocycles. The number of carbonyl (C=O) groups excluding carboxylic acids is 1. The van der Waals surface area contributed by atoms with Gasteiger partial charge in [0.05, 0.1) is 5.71 Å². The molecule has 0 unspecified atom stereocenters. The van der Waals surface area contributed by atoms with Crippen molar-refractivity contribution < 1.29 is 4.79 Å². The summed E-state index contributed by atoms with van der Waals surface area (Å²) in [6.07, 6.45) is 2.35. The van der Waals surface area contributed by atoms with E-state index in [2.05, 4.69) is 74.9 Å². The molecule has 1 fully saturated rings. The average Bonchev–Trinajstić information content (AvgIpc) is 2.74. The maximum atomic E-state index is 11.2. The molecule has 1 N–H and O–H groups in total. The van der Waals surface area contributed by atoms with E-state index in [-0.39, 0.29) is 5.91 Å². The molecule has 140 valence electrons. The van der Waals surface area contributed by atoms with Crippen LogP contribution in [0.3, 0.4) is 0 Å². The quantitative estimate of drug-likeness (QED) is 0.890. The highest BCUT2D eigenvalue weighted by atomic mass is 16.2. The van der Waals surface area contributed by atoms with E-state index < -0.39 is 0 Å². The Labute approximate surface area is 160 Å². The molecule has 27 heavy (non-hydrogen) atoms. The molecule has 0 aromatic heterocycles. The summed E-state index contributed by atoms with van der Waals surface area (Å²) < 4.78 is 0. The summed E-state index contributed by atoms with van der Waals surface area (Å²) in [6.45, 7) is 5.46. The van der Waals surface area contributed by atoms with Gasteiger partial charge >= 0.3 is 0 Å². The fourth-order valence-corrected chi connectivity index (χ4v) is 3.71. The zero-order valence-corrected chi connectivity index (χ0v) is 15.6. The van der Waals surface area contributed by atoms with Gasteiger partial charge in [0, 0.05) is 51.3 Å². The minimum absolute atomic E-state index is 0.000468. The zero-order valence-electron chi connectivity index (χ0n) is 15.6. The lowest BCUT2D eigenvalue weighted by atomic mass is 10.0. The van der Waals surface area contributed by atoms with Gasteiger partial charge in [-0.2, -0.15) is 5.10 Å². The van der Waals surface area contributed by atoms with E-state index in [1.165, 1.54) is 11.3 Å². The number of hydrazone groups is 1. The molecule has 1 amide bonds. The van der Waals surface area contributed by atoms with Crippen LogP contribution in [0.1, 0.15) is 24.0 Å². The third kappa shape index (κ3) is 4.55. The number of hydrogen-bond donors (Lipinski definition) is 1. The van der Waals surface area contributed by atoms with Gasteiger partial charge in [0.15, 0.2) is 0 Å². The van der Waals surface area contributed by atoms with Crippen LogP contribution in [-0.4, -0.2) is 49.2 Å². The maximum absolute atomic E-state index is 11.2. The largest absolute Gasteiger partial charge is 0.369 e. The van der Waals surface area contributed by atoms with Crippen LogP contribution in [0, 0.1) is 0 Å². The first-order chi connectivity index (χ1) is 13.3. The van der Waals surface area contributed by atoms with Crippen LogP contribution in [-0.2, 0) is 11.2 Å². The molecule has 0 saturated carbocycles. The fraction of sp³-hybridized carbons (Fsp3) is 0.364. The highest BCUT2D eigenvalue weighted by molar-refractivity contribution is 6.04.